The predicted octanol–water partition coefficient (Wildman–Crippen LogP) is 2.65. The molecule has 0 aromatic rings. The van der Waals surface area contributed by atoms with Gasteiger partial charge in [0.1, 0.15) is 5.76 Å². The quantitative estimate of drug-likeness (QED) is 0.326. The molecule has 1 rings (SSSR count). The van der Waals surface area contributed by atoms with Gasteiger partial charge in [0.15, 0.2) is 0 Å². The Morgan fingerprint density at radius 2 is 2.33 bits per heavy atom. The Kier molecular flexibility index (Phi) is 5.31. The minimum atomic E-state index is -0.446. The third kappa shape index (κ3) is 3.80. The van der Waals surface area contributed by atoms with Crippen molar-refractivity contribution in [2.45, 2.75) is 19.8 Å². The van der Waals surface area contributed by atoms with Crippen LogP contribution >= 0.6 is 67.8 Å². The summed E-state index contributed by atoms with van der Waals surface area (Å²) < 4.78 is -0.0768. The van der Waals surface area contributed by atoms with Gasteiger partial charge in [-0.15, -0.1) is 0 Å². The van der Waals surface area contributed by atoms with Crippen LogP contribution in [0.25, 0.3) is 0 Å². The van der Waals surface area contributed by atoms with Crippen LogP contribution in [0, 0.1) is 0 Å². The van der Waals surface area contributed by atoms with Gasteiger partial charge in [0.25, 0.3) is 0 Å². The van der Waals surface area contributed by atoms with Crippen LogP contribution in [0.1, 0.15) is 6.42 Å². The summed E-state index contributed by atoms with van der Waals surface area (Å²) in [7, 11) is 0. The molecule has 0 spiro atoms. The maximum Gasteiger partial charge on any atom is 0.209 e. The number of hydrogen-bond acceptors (Lipinski definition) is 3. The second-order valence-corrected chi connectivity index (χ2v) is 7.78. The highest BCUT2D eigenvalue weighted by Gasteiger charge is 2.36. The van der Waals surface area contributed by atoms with E-state index in [0.29, 0.717) is 6.42 Å². The summed E-state index contributed by atoms with van der Waals surface area (Å²) in [5, 5.41) is 9.32. The number of carbonyl (C=O) groups is 1. The number of halogens is 3. The summed E-state index contributed by atoms with van der Waals surface area (Å²) >= 11 is 6.26. The summed E-state index contributed by atoms with van der Waals surface area (Å²) in [5.74, 6) is 0.274. The molecule has 0 bridgehead atoms. The third-order valence-corrected chi connectivity index (χ3v) is 7.06. The van der Waals surface area contributed by atoms with Gasteiger partial charge < -0.3 is 10.8 Å². The van der Waals surface area contributed by atoms with Crippen molar-refractivity contribution < 1.29 is 9.90 Å². The average Bonchev–Trinajstić information content (AvgIpc) is 2.12. The van der Waals surface area contributed by atoms with Crippen LogP contribution < -0.4 is 5.73 Å². The zero-order valence-electron chi connectivity index (χ0n) is 7.66. The van der Waals surface area contributed by atoms with Crippen LogP contribution in [0.5, 0.6) is 0 Å². The molecule has 1 aliphatic carbocycles. The normalized spacial score (nSPS) is 32.3. The van der Waals surface area contributed by atoms with Gasteiger partial charge in [-0.2, -0.15) is 0 Å². The molecule has 3 nitrogen and oxygen atoms in total. The maximum atomic E-state index is 11.1. The summed E-state index contributed by atoms with van der Waals surface area (Å²) in [6.07, 6.45) is 5.94. The number of hydrogen-bond donors (Lipinski definition) is 2. The second kappa shape index (κ2) is 5.63. The molecule has 6 heteroatoms. The summed E-state index contributed by atoms with van der Waals surface area (Å²) in [6.45, 7) is 0. The van der Waals surface area contributed by atoms with Gasteiger partial charge in [-0.25, -0.2) is 0 Å². The lowest BCUT2D eigenvalue weighted by molar-refractivity contribution is -0.110. The fourth-order valence-electron chi connectivity index (χ4n) is 1.26. The number of aliphatic hydroxyl groups is 1. The monoisotopic (exact) mass is 545 g/mol. The molecule has 0 saturated heterocycles. The van der Waals surface area contributed by atoms with E-state index in [4.69, 9.17) is 5.73 Å². The number of nitrogens with two attached hydrogens (primary N) is 1. The van der Waals surface area contributed by atoms with E-state index < -0.39 is 6.04 Å². The number of rotatable bonds is 3. The van der Waals surface area contributed by atoms with Gasteiger partial charge in [0.2, 0.25) is 3.79 Å². The maximum absolute atomic E-state index is 11.1. The summed E-state index contributed by atoms with van der Waals surface area (Å²) in [6, 6.07) is -0.446. The highest BCUT2D eigenvalue weighted by Crippen LogP contribution is 2.39. The lowest BCUT2D eigenvalue weighted by Gasteiger charge is -2.31. The van der Waals surface area contributed by atoms with Gasteiger partial charge in [0.05, 0.1) is 13.4 Å². The van der Waals surface area contributed by atoms with Gasteiger partial charge in [-0.05, 0) is 18.6 Å². The van der Waals surface area contributed by atoms with Crippen LogP contribution in [0.15, 0.2) is 24.0 Å². The Hall–Kier alpha value is 1.10. The first-order valence-corrected chi connectivity index (χ1v) is 7.63. The molecule has 0 aromatic carbocycles. The molecule has 3 N–H and O–H groups in total. The average molecular weight is 545 g/mol. The smallest absolute Gasteiger partial charge is 0.209 e. The Morgan fingerprint density at radius 1 is 1.73 bits per heavy atom. The van der Waals surface area contributed by atoms with Crippen LogP contribution in [-0.2, 0) is 4.79 Å². The standard InChI is InChI=1S/C9H10I3NO2/c10-7-3-5(14)1-2-9(7,12)4-6(13)8(11)15/h1-3,6-7,14H,4,13H2/t6-,7?,9?/m0/s1. The van der Waals surface area contributed by atoms with Gasteiger partial charge in [-0.3, -0.25) is 4.79 Å². The van der Waals surface area contributed by atoms with Crippen LogP contribution in [-0.4, -0.2) is 22.3 Å². The highest BCUT2D eigenvalue weighted by atomic mass is 127. The molecular weight excluding hydrogens is 535 g/mol. The molecule has 84 valence electrons. The number of carbonyl (C=O) groups excluding carboxylic acids is 1. The molecule has 1 aliphatic rings. The first kappa shape index (κ1) is 14.2. The molecule has 0 aromatic heterocycles. The fourth-order valence-corrected chi connectivity index (χ4v) is 3.14. The minimum absolute atomic E-state index is 0.0283. The zero-order chi connectivity index (χ0) is 11.6. The molecule has 0 amide bonds. The molecule has 0 saturated carbocycles. The Morgan fingerprint density at radius 3 is 2.80 bits per heavy atom. The molecule has 0 heterocycles. The molecule has 15 heavy (non-hydrogen) atoms. The van der Waals surface area contributed by atoms with Crippen LogP contribution in [0.3, 0.4) is 0 Å². The SMILES string of the molecule is N[C@@H](CC1(I)C=CC(O)=CC1I)C(=O)I. The van der Waals surface area contributed by atoms with Crippen molar-refractivity contribution in [2.75, 3.05) is 0 Å². The Balaban J connectivity index is 2.77. The van der Waals surface area contributed by atoms with Crippen molar-refractivity contribution in [3.05, 3.63) is 24.0 Å². The lowest BCUT2D eigenvalue weighted by Crippen LogP contribution is -2.40. The molecular formula is C9H10I3NO2. The fraction of sp³-hybridized carbons (Fsp3) is 0.444. The van der Waals surface area contributed by atoms with Crippen molar-refractivity contribution in [3.63, 3.8) is 0 Å². The van der Waals surface area contributed by atoms with Gasteiger partial charge >= 0.3 is 0 Å². The van der Waals surface area contributed by atoms with E-state index >= 15 is 0 Å². The molecule has 0 fully saturated rings. The highest BCUT2D eigenvalue weighted by molar-refractivity contribution is 14.1. The van der Waals surface area contributed by atoms with Crippen LogP contribution in [0.2, 0.25) is 0 Å². The van der Waals surface area contributed by atoms with Crippen molar-refractivity contribution in [1.82, 2.24) is 0 Å². The first-order valence-electron chi connectivity index (χ1n) is 4.23. The molecule has 0 aliphatic heterocycles. The van der Waals surface area contributed by atoms with E-state index in [1.165, 1.54) is 0 Å². The largest absolute Gasteiger partial charge is 0.508 e. The van der Waals surface area contributed by atoms with E-state index in [2.05, 4.69) is 45.2 Å². The third-order valence-electron chi connectivity index (χ3n) is 2.13. The van der Waals surface area contributed by atoms with Crippen LogP contribution in [0.4, 0.5) is 0 Å². The van der Waals surface area contributed by atoms with Gasteiger partial charge in [0, 0.05) is 22.6 Å². The van der Waals surface area contributed by atoms with E-state index in [0.717, 1.165) is 0 Å². The second-order valence-electron chi connectivity index (χ2n) is 3.37. The number of alkyl halides is 2. The Labute approximate surface area is 129 Å². The lowest BCUT2D eigenvalue weighted by atomic mass is 9.93. The van der Waals surface area contributed by atoms with E-state index in [-0.39, 0.29) is 16.9 Å². The topological polar surface area (TPSA) is 63.3 Å². The summed E-state index contributed by atoms with van der Waals surface area (Å²) in [4.78, 5) is 11.1. The van der Waals surface area contributed by atoms with Gasteiger partial charge in [-0.1, -0.05) is 51.3 Å². The van der Waals surface area contributed by atoms with E-state index in [1.54, 1.807) is 34.7 Å². The van der Waals surface area contributed by atoms with Crippen molar-refractivity contribution in [1.29, 1.82) is 0 Å². The zero-order valence-corrected chi connectivity index (χ0v) is 14.1. The van der Waals surface area contributed by atoms with Crippen molar-refractivity contribution in [3.8, 4) is 0 Å². The Bertz CT molecular complexity index is 329. The molecule has 3 atom stereocenters. The van der Waals surface area contributed by atoms with E-state index in [1.807, 2.05) is 6.08 Å². The van der Waals surface area contributed by atoms with Crippen molar-refractivity contribution in [2.24, 2.45) is 5.73 Å². The predicted molar refractivity (Wildman–Crippen MR) is 86.0 cm³/mol. The minimum Gasteiger partial charge on any atom is -0.508 e. The first-order chi connectivity index (χ1) is 6.85. The number of allylic oxidation sites excluding steroid dienone is 3. The summed E-state index contributed by atoms with van der Waals surface area (Å²) in [5.41, 5.74) is 5.75. The molecule has 2 unspecified atom stereocenters. The molecule has 0 radical (unpaired) electrons. The number of aliphatic hydroxyl groups excluding tert-OH is 1. The van der Waals surface area contributed by atoms with E-state index in [9.17, 15) is 9.90 Å². The van der Waals surface area contributed by atoms with Crippen molar-refractivity contribution >= 4 is 71.6 Å².